The molecule has 2 saturated heterocycles. The number of anilines is 1. The van der Waals surface area contributed by atoms with Crippen molar-refractivity contribution in [2.45, 2.75) is 19.0 Å². The van der Waals surface area contributed by atoms with Gasteiger partial charge in [0.1, 0.15) is 12.1 Å². The van der Waals surface area contributed by atoms with Crippen molar-refractivity contribution in [1.29, 1.82) is 0 Å². The topological polar surface area (TPSA) is 41.1 Å². The maximum atomic E-state index is 4.37. The van der Waals surface area contributed by atoms with E-state index in [1.165, 1.54) is 25.1 Å². The Bertz CT molecular complexity index is 636. The van der Waals surface area contributed by atoms with E-state index in [4.69, 9.17) is 0 Å². The van der Waals surface area contributed by atoms with Crippen LogP contribution in [0.4, 0.5) is 5.82 Å². The van der Waals surface area contributed by atoms with Crippen LogP contribution < -0.4 is 5.32 Å². The first-order valence-corrected chi connectivity index (χ1v) is 8.86. The van der Waals surface area contributed by atoms with Crippen molar-refractivity contribution in [2.75, 3.05) is 18.4 Å². The quantitative estimate of drug-likeness (QED) is 0.793. The summed E-state index contributed by atoms with van der Waals surface area (Å²) in [6, 6.07) is 11.4. The molecule has 2 bridgehead atoms. The maximum Gasteiger partial charge on any atom is 0.143 e. The number of piperidine rings is 2. The summed E-state index contributed by atoms with van der Waals surface area (Å²) in [6.45, 7) is 3.45. The second kappa shape index (κ2) is 6.12. The zero-order chi connectivity index (χ0) is 14.9. The molecule has 5 rings (SSSR count). The average molecular weight is 406 g/mol. The predicted molar refractivity (Wildman–Crippen MR) is 95.5 cm³/mol. The molecule has 114 valence electrons. The van der Waals surface area contributed by atoms with Gasteiger partial charge in [-0.1, -0.05) is 30.3 Å². The zero-order valence-corrected chi connectivity index (χ0v) is 14.5. The molecule has 0 amide bonds. The lowest BCUT2D eigenvalue weighted by atomic mass is 9.66. The van der Waals surface area contributed by atoms with E-state index in [0.29, 0.717) is 6.04 Å². The summed E-state index contributed by atoms with van der Waals surface area (Å²) >= 11 is 2.30. The molecule has 5 heteroatoms. The van der Waals surface area contributed by atoms with E-state index in [9.17, 15) is 0 Å². The number of benzene rings is 1. The third kappa shape index (κ3) is 2.84. The van der Waals surface area contributed by atoms with E-state index in [1.807, 2.05) is 6.20 Å². The lowest BCUT2D eigenvalue weighted by molar-refractivity contribution is 0.00733. The van der Waals surface area contributed by atoms with Gasteiger partial charge in [0.2, 0.25) is 0 Å². The first-order valence-electron chi connectivity index (χ1n) is 7.78. The summed E-state index contributed by atoms with van der Waals surface area (Å²) in [5.74, 6) is 2.48. The van der Waals surface area contributed by atoms with E-state index >= 15 is 0 Å². The average Bonchev–Trinajstić information content (AvgIpc) is 2.55. The first kappa shape index (κ1) is 14.4. The van der Waals surface area contributed by atoms with Gasteiger partial charge in [0.15, 0.2) is 0 Å². The molecule has 1 saturated carbocycles. The summed E-state index contributed by atoms with van der Waals surface area (Å²) in [6.07, 6.45) is 4.84. The van der Waals surface area contributed by atoms with Crippen LogP contribution in [0.2, 0.25) is 0 Å². The van der Waals surface area contributed by atoms with Crippen LogP contribution in [0.5, 0.6) is 0 Å². The third-order valence-electron chi connectivity index (χ3n) is 4.83. The number of fused-ring (bicyclic) bond motifs is 2. The van der Waals surface area contributed by atoms with Crippen LogP contribution in [0.3, 0.4) is 0 Å². The standard InChI is InChI=1S/C17H19IN4/c18-15-7-19-11-20-17(15)21-16-13-6-14(16)10-22(9-13)8-12-4-2-1-3-5-12/h1-5,7,11,13-14,16H,6,8-10H2,(H,19,20,21). The van der Waals surface area contributed by atoms with Crippen LogP contribution in [0, 0.1) is 15.4 Å². The molecule has 2 aromatic rings. The highest BCUT2D eigenvalue weighted by Gasteiger charge is 2.46. The van der Waals surface area contributed by atoms with Crippen molar-refractivity contribution in [2.24, 2.45) is 11.8 Å². The van der Waals surface area contributed by atoms with Gasteiger partial charge in [0.05, 0.1) is 3.57 Å². The van der Waals surface area contributed by atoms with Gasteiger partial charge in [-0.05, 0) is 46.4 Å². The summed E-state index contributed by atoms with van der Waals surface area (Å²) in [5.41, 5.74) is 1.42. The number of rotatable bonds is 4. The van der Waals surface area contributed by atoms with Crippen molar-refractivity contribution in [1.82, 2.24) is 14.9 Å². The minimum Gasteiger partial charge on any atom is -0.366 e. The second-order valence-corrected chi connectivity index (χ2v) is 7.49. The molecule has 0 radical (unpaired) electrons. The molecular weight excluding hydrogens is 387 g/mol. The molecule has 2 atom stereocenters. The molecule has 1 N–H and O–H groups in total. The van der Waals surface area contributed by atoms with Crippen LogP contribution in [0.1, 0.15) is 12.0 Å². The summed E-state index contributed by atoms with van der Waals surface area (Å²) in [7, 11) is 0. The summed E-state index contributed by atoms with van der Waals surface area (Å²) < 4.78 is 1.10. The van der Waals surface area contributed by atoms with E-state index in [-0.39, 0.29) is 0 Å². The molecular formula is C17H19IN4. The van der Waals surface area contributed by atoms with Crippen LogP contribution in [0.25, 0.3) is 0 Å². The van der Waals surface area contributed by atoms with Crippen molar-refractivity contribution < 1.29 is 0 Å². The SMILES string of the molecule is Ic1cncnc1NC1C2CC1CN(Cc1ccccc1)C2. The Kier molecular flexibility index (Phi) is 4.00. The van der Waals surface area contributed by atoms with E-state index in [0.717, 1.165) is 27.8 Å². The third-order valence-corrected chi connectivity index (χ3v) is 5.62. The van der Waals surface area contributed by atoms with Gasteiger partial charge in [-0.15, -0.1) is 0 Å². The lowest BCUT2D eigenvalue weighted by Crippen LogP contribution is -2.60. The first-order chi connectivity index (χ1) is 10.8. The van der Waals surface area contributed by atoms with Crippen LogP contribution in [-0.2, 0) is 6.54 Å². The molecule has 4 nitrogen and oxygen atoms in total. The van der Waals surface area contributed by atoms with Crippen molar-refractivity contribution in [3.05, 3.63) is 52.0 Å². The van der Waals surface area contributed by atoms with Gasteiger partial charge in [-0.25, -0.2) is 9.97 Å². The highest BCUT2D eigenvalue weighted by molar-refractivity contribution is 14.1. The normalized spacial score (nSPS) is 27.2. The van der Waals surface area contributed by atoms with Crippen LogP contribution in [-0.4, -0.2) is 34.0 Å². The van der Waals surface area contributed by atoms with E-state index < -0.39 is 0 Å². The fourth-order valence-corrected chi connectivity index (χ4v) is 4.22. The van der Waals surface area contributed by atoms with Gasteiger partial charge < -0.3 is 5.32 Å². The summed E-state index contributed by atoms with van der Waals surface area (Å²) in [4.78, 5) is 11.0. The van der Waals surface area contributed by atoms with Crippen molar-refractivity contribution >= 4 is 28.4 Å². The Labute approximate surface area is 144 Å². The smallest absolute Gasteiger partial charge is 0.143 e. The molecule has 0 spiro atoms. The van der Waals surface area contributed by atoms with Gasteiger partial charge in [0.25, 0.3) is 0 Å². The number of halogens is 1. The van der Waals surface area contributed by atoms with E-state index in [1.54, 1.807) is 6.33 Å². The minimum absolute atomic E-state index is 0.579. The molecule has 3 fully saturated rings. The molecule has 2 aliphatic heterocycles. The second-order valence-electron chi connectivity index (χ2n) is 6.32. The van der Waals surface area contributed by atoms with Crippen molar-refractivity contribution in [3.8, 4) is 0 Å². The Morgan fingerprint density at radius 1 is 1.18 bits per heavy atom. The van der Waals surface area contributed by atoms with Gasteiger partial charge in [0, 0.05) is 31.9 Å². The molecule has 1 aliphatic carbocycles. The van der Waals surface area contributed by atoms with Gasteiger partial charge >= 0.3 is 0 Å². The number of hydrogen-bond acceptors (Lipinski definition) is 4. The number of aromatic nitrogens is 2. The largest absolute Gasteiger partial charge is 0.366 e. The highest BCUT2D eigenvalue weighted by Crippen LogP contribution is 2.42. The predicted octanol–water partition coefficient (Wildman–Crippen LogP) is 3.01. The summed E-state index contributed by atoms with van der Waals surface area (Å²) in [5, 5.41) is 3.65. The fourth-order valence-electron chi connectivity index (χ4n) is 3.77. The Balaban J connectivity index is 1.38. The highest BCUT2D eigenvalue weighted by atomic mass is 127. The van der Waals surface area contributed by atoms with E-state index in [2.05, 4.69) is 73.1 Å². The maximum absolute atomic E-state index is 4.37. The van der Waals surface area contributed by atoms with Crippen LogP contribution >= 0.6 is 22.6 Å². The zero-order valence-electron chi connectivity index (χ0n) is 12.3. The molecule has 1 aromatic carbocycles. The monoisotopic (exact) mass is 406 g/mol. The number of hydrogen-bond donors (Lipinski definition) is 1. The Morgan fingerprint density at radius 3 is 2.68 bits per heavy atom. The number of nitrogens with one attached hydrogen (secondary N) is 1. The van der Waals surface area contributed by atoms with Crippen LogP contribution in [0.15, 0.2) is 42.9 Å². The molecule has 2 unspecified atom stereocenters. The Hall–Kier alpha value is -1.21. The molecule has 22 heavy (non-hydrogen) atoms. The molecule has 3 aliphatic rings. The van der Waals surface area contributed by atoms with Crippen molar-refractivity contribution in [3.63, 3.8) is 0 Å². The Morgan fingerprint density at radius 2 is 1.95 bits per heavy atom. The molecule has 1 aromatic heterocycles. The van der Waals surface area contributed by atoms with Gasteiger partial charge in [-0.3, -0.25) is 4.90 Å². The fraction of sp³-hybridized carbons (Fsp3) is 0.412. The minimum atomic E-state index is 0.579. The molecule has 3 heterocycles. The lowest BCUT2D eigenvalue weighted by Gasteiger charge is -2.54. The van der Waals surface area contributed by atoms with Gasteiger partial charge in [-0.2, -0.15) is 0 Å². The number of nitrogens with zero attached hydrogens (tertiary/aromatic N) is 3.